The van der Waals surface area contributed by atoms with E-state index >= 15 is 0 Å². The van der Waals surface area contributed by atoms with E-state index in [1.165, 1.54) is 0 Å². The van der Waals surface area contributed by atoms with Crippen molar-refractivity contribution in [3.63, 3.8) is 0 Å². The van der Waals surface area contributed by atoms with Gasteiger partial charge in [0.05, 0.1) is 24.6 Å². The first-order valence-electron chi connectivity index (χ1n) is 4.61. The van der Waals surface area contributed by atoms with E-state index in [9.17, 15) is 0 Å². The van der Waals surface area contributed by atoms with Crippen LogP contribution < -0.4 is 16.4 Å². The third-order valence-corrected chi connectivity index (χ3v) is 2.31. The summed E-state index contributed by atoms with van der Waals surface area (Å²) in [7, 11) is 0. The van der Waals surface area contributed by atoms with Crippen molar-refractivity contribution in [3.8, 4) is 0 Å². The largest absolute Gasteiger partial charge is 0.397 e. The molecule has 0 aliphatic carbocycles. The molecule has 4 N–H and O–H groups in total. The van der Waals surface area contributed by atoms with Crippen molar-refractivity contribution in [1.29, 1.82) is 0 Å². The third-order valence-electron chi connectivity index (χ3n) is 2.31. The minimum absolute atomic E-state index is 0.564. The topological polar surface area (TPSA) is 77.4 Å². The first-order valence-corrected chi connectivity index (χ1v) is 4.61. The van der Waals surface area contributed by atoms with Gasteiger partial charge in [-0.3, -0.25) is 0 Å². The van der Waals surface area contributed by atoms with Gasteiger partial charge in [0.15, 0.2) is 5.82 Å². The molecular formula is C9H14N4O. The lowest BCUT2D eigenvalue weighted by molar-refractivity contribution is 0.122. The smallest absolute Gasteiger partial charge is 0.154 e. The fraction of sp³-hybridized carbons (Fsp3) is 0.444. The van der Waals surface area contributed by atoms with Gasteiger partial charge in [0.1, 0.15) is 0 Å². The van der Waals surface area contributed by atoms with E-state index in [-0.39, 0.29) is 0 Å². The highest BCUT2D eigenvalue weighted by Gasteiger charge is 2.15. The Labute approximate surface area is 82.7 Å². The Bertz CT molecular complexity index is 323. The van der Waals surface area contributed by atoms with Crippen LogP contribution in [0, 0.1) is 0 Å². The lowest BCUT2D eigenvalue weighted by atomic mass is 10.3. The van der Waals surface area contributed by atoms with Gasteiger partial charge in [-0.25, -0.2) is 4.98 Å². The van der Waals surface area contributed by atoms with Gasteiger partial charge in [0.2, 0.25) is 0 Å². The molecule has 1 saturated heterocycles. The maximum absolute atomic E-state index is 5.84. The second kappa shape index (κ2) is 3.71. The number of nitrogens with two attached hydrogens (primary N) is 2. The molecule has 0 spiro atoms. The molecule has 0 atom stereocenters. The second-order valence-corrected chi connectivity index (χ2v) is 3.24. The standard InChI is InChI=1S/C9H14N4O/c10-7-1-2-12-9(8(7)11)13-3-5-14-6-4-13/h1-2H,3-6,11H2,(H2,10,12). The number of hydrogen-bond donors (Lipinski definition) is 2. The van der Waals surface area contributed by atoms with E-state index in [1.807, 2.05) is 0 Å². The minimum atomic E-state index is 0.564. The molecule has 1 aliphatic rings. The summed E-state index contributed by atoms with van der Waals surface area (Å²) >= 11 is 0. The van der Waals surface area contributed by atoms with E-state index in [0.29, 0.717) is 11.4 Å². The van der Waals surface area contributed by atoms with Crippen molar-refractivity contribution < 1.29 is 4.74 Å². The normalized spacial score (nSPS) is 17.0. The number of hydrogen-bond acceptors (Lipinski definition) is 5. The summed E-state index contributed by atoms with van der Waals surface area (Å²) in [4.78, 5) is 6.32. The van der Waals surface area contributed by atoms with Crippen LogP contribution in [0.3, 0.4) is 0 Å². The van der Waals surface area contributed by atoms with Crippen molar-refractivity contribution in [2.75, 3.05) is 42.7 Å². The Kier molecular flexibility index (Phi) is 2.41. The van der Waals surface area contributed by atoms with E-state index in [4.69, 9.17) is 16.2 Å². The highest BCUT2D eigenvalue weighted by molar-refractivity contribution is 5.76. The van der Waals surface area contributed by atoms with E-state index < -0.39 is 0 Å². The molecule has 0 saturated carbocycles. The minimum Gasteiger partial charge on any atom is -0.397 e. The van der Waals surface area contributed by atoms with Crippen molar-refractivity contribution >= 4 is 17.2 Å². The number of pyridine rings is 1. The summed E-state index contributed by atoms with van der Waals surface area (Å²) in [6, 6.07) is 1.71. The Morgan fingerprint density at radius 3 is 2.71 bits per heavy atom. The molecule has 0 unspecified atom stereocenters. The summed E-state index contributed by atoms with van der Waals surface area (Å²) in [6.07, 6.45) is 1.68. The van der Waals surface area contributed by atoms with Crippen LogP contribution in [0.25, 0.3) is 0 Å². The van der Waals surface area contributed by atoms with Gasteiger partial charge in [0, 0.05) is 19.3 Å². The molecule has 76 valence electrons. The number of rotatable bonds is 1. The van der Waals surface area contributed by atoms with Crippen LogP contribution in [0.15, 0.2) is 12.3 Å². The van der Waals surface area contributed by atoms with Gasteiger partial charge in [0.25, 0.3) is 0 Å². The lowest BCUT2D eigenvalue weighted by Crippen LogP contribution is -2.37. The van der Waals surface area contributed by atoms with Crippen LogP contribution in [-0.4, -0.2) is 31.3 Å². The summed E-state index contributed by atoms with van der Waals surface area (Å²) in [5.41, 5.74) is 12.7. The zero-order chi connectivity index (χ0) is 9.97. The Morgan fingerprint density at radius 2 is 2.00 bits per heavy atom. The fourth-order valence-corrected chi connectivity index (χ4v) is 1.50. The number of ether oxygens (including phenoxy) is 1. The number of anilines is 3. The molecule has 0 aromatic carbocycles. The van der Waals surface area contributed by atoms with Crippen LogP contribution in [0.1, 0.15) is 0 Å². The fourth-order valence-electron chi connectivity index (χ4n) is 1.50. The third kappa shape index (κ3) is 1.58. The molecule has 0 amide bonds. The van der Waals surface area contributed by atoms with Crippen LogP contribution in [0.4, 0.5) is 17.2 Å². The monoisotopic (exact) mass is 194 g/mol. The molecule has 5 heteroatoms. The highest BCUT2D eigenvalue weighted by atomic mass is 16.5. The second-order valence-electron chi connectivity index (χ2n) is 3.24. The highest BCUT2D eigenvalue weighted by Crippen LogP contribution is 2.25. The predicted octanol–water partition coefficient (Wildman–Crippen LogP) is 0.0826. The molecule has 1 aromatic heterocycles. The number of nitrogens with zero attached hydrogens (tertiary/aromatic N) is 2. The summed E-state index contributed by atoms with van der Waals surface area (Å²) in [5, 5.41) is 0. The van der Waals surface area contributed by atoms with Gasteiger partial charge >= 0.3 is 0 Å². The van der Waals surface area contributed by atoms with Gasteiger partial charge in [-0.15, -0.1) is 0 Å². The maximum atomic E-state index is 5.84. The number of nitrogen functional groups attached to an aromatic ring is 2. The molecule has 5 nitrogen and oxygen atoms in total. The molecule has 0 radical (unpaired) electrons. The van der Waals surface area contributed by atoms with Crippen LogP contribution in [-0.2, 0) is 4.74 Å². The Morgan fingerprint density at radius 1 is 1.29 bits per heavy atom. The average Bonchev–Trinajstić information content (AvgIpc) is 2.23. The van der Waals surface area contributed by atoms with E-state index in [0.717, 1.165) is 32.1 Å². The SMILES string of the molecule is Nc1ccnc(N2CCOCC2)c1N. The maximum Gasteiger partial charge on any atom is 0.154 e. The average molecular weight is 194 g/mol. The Balaban J connectivity index is 2.26. The molecule has 14 heavy (non-hydrogen) atoms. The Hall–Kier alpha value is -1.49. The summed E-state index contributed by atoms with van der Waals surface area (Å²) in [6.45, 7) is 3.08. The molecule has 2 rings (SSSR count). The first kappa shape index (κ1) is 9.08. The summed E-state index contributed by atoms with van der Waals surface area (Å²) in [5.74, 6) is 0.772. The van der Waals surface area contributed by atoms with Crippen LogP contribution in [0.5, 0.6) is 0 Å². The number of morpholine rings is 1. The molecule has 2 heterocycles. The van der Waals surface area contributed by atoms with Gasteiger partial charge in [-0.2, -0.15) is 0 Å². The van der Waals surface area contributed by atoms with Crippen molar-refractivity contribution in [3.05, 3.63) is 12.3 Å². The van der Waals surface area contributed by atoms with Gasteiger partial charge in [-0.1, -0.05) is 0 Å². The summed E-state index contributed by atoms with van der Waals surface area (Å²) < 4.78 is 5.25. The molecule has 1 fully saturated rings. The quantitative estimate of drug-likeness (QED) is 0.662. The molecule has 1 aromatic rings. The van der Waals surface area contributed by atoms with Crippen molar-refractivity contribution in [2.24, 2.45) is 0 Å². The van der Waals surface area contributed by atoms with E-state index in [2.05, 4.69) is 9.88 Å². The van der Waals surface area contributed by atoms with Gasteiger partial charge in [-0.05, 0) is 6.07 Å². The molecule has 0 bridgehead atoms. The van der Waals surface area contributed by atoms with Crippen LogP contribution in [0.2, 0.25) is 0 Å². The molecular weight excluding hydrogens is 180 g/mol. The van der Waals surface area contributed by atoms with Gasteiger partial charge < -0.3 is 21.1 Å². The number of aromatic nitrogens is 1. The first-order chi connectivity index (χ1) is 6.79. The molecule has 1 aliphatic heterocycles. The van der Waals surface area contributed by atoms with Crippen molar-refractivity contribution in [1.82, 2.24) is 4.98 Å². The lowest BCUT2D eigenvalue weighted by Gasteiger charge is -2.28. The zero-order valence-corrected chi connectivity index (χ0v) is 7.94. The predicted molar refractivity (Wildman–Crippen MR) is 56.1 cm³/mol. The van der Waals surface area contributed by atoms with Crippen molar-refractivity contribution in [2.45, 2.75) is 0 Å². The van der Waals surface area contributed by atoms with E-state index in [1.54, 1.807) is 12.3 Å². The van der Waals surface area contributed by atoms with Crippen LogP contribution >= 0.6 is 0 Å². The zero-order valence-electron chi connectivity index (χ0n) is 7.94.